The van der Waals surface area contributed by atoms with Crippen molar-refractivity contribution in [2.75, 3.05) is 5.32 Å². The summed E-state index contributed by atoms with van der Waals surface area (Å²) in [5.74, 6) is -3.88. The lowest BCUT2D eigenvalue weighted by Crippen LogP contribution is -2.27. The third-order valence-corrected chi connectivity index (χ3v) is 2.64. The molecule has 0 bridgehead atoms. The number of carboxylic acids is 1. The molecule has 0 aromatic heterocycles. The Balaban J connectivity index is 2.89. The van der Waals surface area contributed by atoms with E-state index in [4.69, 9.17) is 5.11 Å². The molecule has 0 fully saturated rings. The molecular weight excluding hydrogens is 281 g/mol. The zero-order chi connectivity index (χ0) is 12.3. The molecule has 0 spiro atoms. The van der Waals surface area contributed by atoms with Crippen molar-refractivity contribution in [1.82, 2.24) is 0 Å². The fourth-order valence-corrected chi connectivity index (χ4v) is 1.40. The fraction of sp³-hybridized carbons (Fsp3) is 0.200. The molecule has 2 N–H and O–H groups in total. The molecule has 0 heterocycles. The van der Waals surface area contributed by atoms with Crippen LogP contribution in [0.4, 0.5) is 10.1 Å². The summed E-state index contributed by atoms with van der Waals surface area (Å²) in [6.45, 7) is 1.23. The number of nitrogens with one attached hydrogen (secondary N) is 1. The number of carboxylic acid groups (broad SMARTS) is 1. The van der Waals surface area contributed by atoms with Gasteiger partial charge in [0.25, 0.3) is 0 Å². The number of hydrogen-bond acceptors (Lipinski definition) is 2. The minimum Gasteiger partial charge on any atom is -0.481 e. The molecule has 4 nitrogen and oxygen atoms in total. The molecule has 0 radical (unpaired) electrons. The molecule has 0 aliphatic heterocycles. The molecule has 1 aromatic rings. The van der Waals surface area contributed by atoms with E-state index in [9.17, 15) is 14.0 Å². The van der Waals surface area contributed by atoms with Gasteiger partial charge in [0, 0.05) is 4.47 Å². The van der Waals surface area contributed by atoms with Crippen LogP contribution in [0, 0.1) is 11.7 Å². The van der Waals surface area contributed by atoms with E-state index in [1.807, 2.05) is 0 Å². The number of para-hydroxylation sites is 1. The standard InChI is InChI=1S/C10H9BrFNO3/c1-5(10(15)16)9(14)13-8-6(11)3-2-4-7(8)12/h2-5H,1H3,(H,13,14)(H,15,16). The van der Waals surface area contributed by atoms with Gasteiger partial charge in [-0.2, -0.15) is 0 Å². The Bertz CT molecular complexity index is 416. The van der Waals surface area contributed by atoms with E-state index in [2.05, 4.69) is 21.2 Å². The molecule has 1 amide bonds. The third kappa shape index (κ3) is 2.79. The van der Waals surface area contributed by atoms with Crippen LogP contribution in [-0.2, 0) is 9.59 Å². The van der Waals surface area contributed by atoms with Gasteiger partial charge in [0.2, 0.25) is 5.91 Å². The van der Waals surface area contributed by atoms with E-state index >= 15 is 0 Å². The van der Waals surface area contributed by atoms with Crippen LogP contribution in [0.25, 0.3) is 0 Å². The lowest BCUT2D eigenvalue weighted by molar-refractivity contribution is -0.144. The van der Waals surface area contributed by atoms with Crippen LogP contribution in [0.15, 0.2) is 22.7 Å². The van der Waals surface area contributed by atoms with Crippen molar-refractivity contribution in [2.24, 2.45) is 5.92 Å². The Kier molecular flexibility index (Phi) is 4.00. The SMILES string of the molecule is CC(C(=O)O)C(=O)Nc1c(F)cccc1Br. The van der Waals surface area contributed by atoms with Crippen molar-refractivity contribution in [3.8, 4) is 0 Å². The van der Waals surface area contributed by atoms with Crippen LogP contribution in [0.2, 0.25) is 0 Å². The average Bonchev–Trinajstić information content (AvgIpc) is 2.22. The summed E-state index contributed by atoms with van der Waals surface area (Å²) in [6.07, 6.45) is 0. The first-order chi connectivity index (χ1) is 7.43. The minimum absolute atomic E-state index is 0.0550. The number of aliphatic carboxylic acids is 1. The summed E-state index contributed by atoms with van der Waals surface area (Å²) in [6, 6.07) is 4.19. The maximum absolute atomic E-state index is 13.3. The van der Waals surface area contributed by atoms with Crippen molar-refractivity contribution in [3.63, 3.8) is 0 Å². The summed E-state index contributed by atoms with van der Waals surface area (Å²) in [4.78, 5) is 21.9. The summed E-state index contributed by atoms with van der Waals surface area (Å²) in [5.41, 5.74) is -0.0550. The van der Waals surface area contributed by atoms with Crippen molar-refractivity contribution in [1.29, 1.82) is 0 Å². The molecular formula is C10H9BrFNO3. The number of carbonyl (C=O) groups excluding carboxylic acids is 1. The molecule has 16 heavy (non-hydrogen) atoms. The molecule has 0 saturated carbocycles. The Morgan fingerprint density at radius 2 is 2.12 bits per heavy atom. The van der Waals surface area contributed by atoms with Crippen LogP contribution >= 0.6 is 15.9 Å². The lowest BCUT2D eigenvalue weighted by Gasteiger charge is -2.10. The summed E-state index contributed by atoms with van der Waals surface area (Å²) in [5, 5.41) is 10.8. The highest BCUT2D eigenvalue weighted by atomic mass is 79.9. The Morgan fingerprint density at radius 1 is 1.50 bits per heavy atom. The first kappa shape index (κ1) is 12.6. The van der Waals surface area contributed by atoms with E-state index in [0.717, 1.165) is 0 Å². The van der Waals surface area contributed by atoms with Gasteiger partial charge in [-0.3, -0.25) is 9.59 Å². The molecule has 0 aliphatic rings. The van der Waals surface area contributed by atoms with E-state index < -0.39 is 23.6 Å². The highest BCUT2D eigenvalue weighted by Crippen LogP contribution is 2.25. The molecule has 0 saturated heterocycles. The number of anilines is 1. The van der Waals surface area contributed by atoms with Crippen molar-refractivity contribution < 1.29 is 19.1 Å². The number of halogens is 2. The van der Waals surface area contributed by atoms with Crippen LogP contribution in [-0.4, -0.2) is 17.0 Å². The Morgan fingerprint density at radius 3 is 2.62 bits per heavy atom. The van der Waals surface area contributed by atoms with Crippen molar-refractivity contribution in [3.05, 3.63) is 28.5 Å². The number of hydrogen-bond donors (Lipinski definition) is 2. The number of amides is 1. The van der Waals surface area contributed by atoms with Gasteiger partial charge in [0.1, 0.15) is 11.7 Å². The van der Waals surface area contributed by atoms with Gasteiger partial charge in [0.05, 0.1) is 5.69 Å². The average molecular weight is 290 g/mol. The Hall–Kier alpha value is -1.43. The topological polar surface area (TPSA) is 66.4 Å². The van der Waals surface area contributed by atoms with E-state index in [0.29, 0.717) is 4.47 Å². The van der Waals surface area contributed by atoms with Crippen LogP contribution in [0.5, 0.6) is 0 Å². The first-order valence-corrected chi connectivity index (χ1v) is 5.20. The predicted octanol–water partition coefficient (Wildman–Crippen LogP) is 2.25. The highest BCUT2D eigenvalue weighted by Gasteiger charge is 2.22. The second kappa shape index (κ2) is 5.07. The van der Waals surface area contributed by atoms with Gasteiger partial charge < -0.3 is 10.4 Å². The van der Waals surface area contributed by atoms with Crippen LogP contribution < -0.4 is 5.32 Å². The van der Waals surface area contributed by atoms with Crippen LogP contribution in [0.1, 0.15) is 6.92 Å². The minimum atomic E-state index is -1.26. The predicted molar refractivity (Wildman–Crippen MR) is 59.5 cm³/mol. The second-order valence-corrected chi connectivity index (χ2v) is 4.00. The normalized spacial score (nSPS) is 11.9. The maximum atomic E-state index is 13.3. The summed E-state index contributed by atoms with van der Waals surface area (Å²) < 4.78 is 13.6. The third-order valence-electron chi connectivity index (χ3n) is 1.97. The molecule has 1 atom stereocenters. The number of carbonyl (C=O) groups is 2. The first-order valence-electron chi connectivity index (χ1n) is 4.41. The maximum Gasteiger partial charge on any atom is 0.315 e. The lowest BCUT2D eigenvalue weighted by atomic mass is 10.1. The zero-order valence-electron chi connectivity index (χ0n) is 8.33. The monoisotopic (exact) mass is 289 g/mol. The van der Waals surface area contributed by atoms with E-state index in [1.165, 1.54) is 19.1 Å². The smallest absolute Gasteiger partial charge is 0.315 e. The zero-order valence-corrected chi connectivity index (χ0v) is 9.92. The van der Waals surface area contributed by atoms with E-state index in [-0.39, 0.29) is 5.69 Å². The number of benzene rings is 1. The van der Waals surface area contributed by atoms with Gasteiger partial charge >= 0.3 is 5.97 Å². The molecule has 1 aromatic carbocycles. The molecule has 1 rings (SSSR count). The van der Waals surface area contributed by atoms with Crippen LogP contribution in [0.3, 0.4) is 0 Å². The van der Waals surface area contributed by atoms with Crippen molar-refractivity contribution in [2.45, 2.75) is 6.92 Å². The van der Waals surface area contributed by atoms with E-state index in [1.54, 1.807) is 6.07 Å². The van der Waals surface area contributed by atoms with Gasteiger partial charge in [-0.15, -0.1) is 0 Å². The molecule has 1 unspecified atom stereocenters. The summed E-state index contributed by atoms with van der Waals surface area (Å²) in [7, 11) is 0. The number of rotatable bonds is 3. The summed E-state index contributed by atoms with van der Waals surface area (Å²) >= 11 is 3.06. The quantitative estimate of drug-likeness (QED) is 0.839. The molecule has 86 valence electrons. The van der Waals surface area contributed by atoms with Gasteiger partial charge in [-0.1, -0.05) is 6.07 Å². The van der Waals surface area contributed by atoms with Gasteiger partial charge in [-0.25, -0.2) is 4.39 Å². The van der Waals surface area contributed by atoms with Crippen molar-refractivity contribution >= 4 is 33.5 Å². The molecule has 6 heteroatoms. The highest BCUT2D eigenvalue weighted by molar-refractivity contribution is 9.10. The second-order valence-electron chi connectivity index (χ2n) is 3.15. The largest absolute Gasteiger partial charge is 0.481 e. The molecule has 0 aliphatic carbocycles. The Labute approximate surface area is 99.6 Å². The fourth-order valence-electron chi connectivity index (χ4n) is 0.961. The van der Waals surface area contributed by atoms with Gasteiger partial charge in [0.15, 0.2) is 0 Å². The van der Waals surface area contributed by atoms with Gasteiger partial charge in [-0.05, 0) is 35.0 Å².